The number of hydrogen-bond donors (Lipinski definition) is 1. The van der Waals surface area contributed by atoms with Gasteiger partial charge in [-0.3, -0.25) is 9.59 Å². The maximum absolute atomic E-state index is 11.8. The number of halogens is 1. The predicted molar refractivity (Wildman–Crippen MR) is 81.7 cm³/mol. The molecule has 2 amide bonds. The summed E-state index contributed by atoms with van der Waals surface area (Å²) >= 11 is 3.34. The summed E-state index contributed by atoms with van der Waals surface area (Å²) in [6.07, 6.45) is 0.751. The third kappa shape index (κ3) is 5.71. The molecule has 0 spiro atoms. The summed E-state index contributed by atoms with van der Waals surface area (Å²) in [5, 5.41) is 2.76. The number of carbonyl (C=O) groups is 2. The number of benzene rings is 1. The van der Waals surface area contributed by atoms with Crippen LogP contribution in [0.4, 0.5) is 5.69 Å². The van der Waals surface area contributed by atoms with E-state index in [0.29, 0.717) is 18.8 Å². The van der Waals surface area contributed by atoms with Gasteiger partial charge in [0, 0.05) is 37.3 Å². The van der Waals surface area contributed by atoms with Gasteiger partial charge in [0.25, 0.3) is 0 Å². The number of nitrogens with zero attached hydrogens (tertiary/aromatic N) is 1. The van der Waals surface area contributed by atoms with Crippen molar-refractivity contribution in [3.8, 4) is 0 Å². The molecule has 0 heterocycles. The monoisotopic (exact) mass is 342 g/mol. The summed E-state index contributed by atoms with van der Waals surface area (Å²) in [5.41, 5.74) is 0.702. The molecule has 1 N–H and O–H groups in total. The first kappa shape index (κ1) is 16.7. The van der Waals surface area contributed by atoms with Gasteiger partial charge in [-0.25, -0.2) is 0 Å². The third-order valence-corrected chi connectivity index (χ3v) is 3.20. The summed E-state index contributed by atoms with van der Waals surface area (Å²) in [6, 6.07) is 7.26. The van der Waals surface area contributed by atoms with Crippen LogP contribution >= 0.6 is 15.9 Å². The van der Waals surface area contributed by atoms with Crippen LogP contribution in [0.2, 0.25) is 0 Å². The van der Waals surface area contributed by atoms with Crippen molar-refractivity contribution in [2.45, 2.75) is 13.3 Å². The Kier molecular flexibility index (Phi) is 7.25. The lowest BCUT2D eigenvalue weighted by molar-refractivity contribution is -0.123. The molecule has 0 aliphatic rings. The van der Waals surface area contributed by atoms with Crippen molar-refractivity contribution in [2.75, 3.05) is 31.7 Å². The van der Waals surface area contributed by atoms with E-state index >= 15 is 0 Å². The normalized spacial score (nSPS) is 10.2. The van der Waals surface area contributed by atoms with E-state index in [1.54, 1.807) is 19.2 Å². The number of ether oxygens (including phenoxy) is 1. The zero-order chi connectivity index (χ0) is 15.0. The van der Waals surface area contributed by atoms with E-state index in [2.05, 4.69) is 21.2 Å². The van der Waals surface area contributed by atoms with Gasteiger partial charge in [-0.1, -0.05) is 15.9 Å². The molecule has 0 saturated carbocycles. The number of methoxy groups -OCH3 is 1. The molecule has 0 radical (unpaired) electrons. The van der Waals surface area contributed by atoms with Crippen molar-refractivity contribution in [1.82, 2.24) is 5.32 Å². The Morgan fingerprint density at radius 3 is 2.50 bits per heavy atom. The highest BCUT2D eigenvalue weighted by Crippen LogP contribution is 2.18. The molecule has 0 aliphatic carbocycles. The topological polar surface area (TPSA) is 58.6 Å². The van der Waals surface area contributed by atoms with Crippen LogP contribution in [-0.4, -0.2) is 38.6 Å². The minimum atomic E-state index is -0.181. The second kappa shape index (κ2) is 8.71. The fourth-order valence-corrected chi connectivity index (χ4v) is 1.91. The van der Waals surface area contributed by atoms with E-state index in [0.717, 1.165) is 10.9 Å². The molecular formula is C14H19BrN2O3. The van der Waals surface area contributed by atoms with Crippen LogP contribution in [0.5, 0.6) is 0 Å². The molecule has 1 aromatic carbocycles. The lowest BCUT2D eigenvalue weighted by atomic mass is 10.3. The van der Waals surface area contributed by atoms with Gasteiger partial charge >= 0.3 is 0 Å². The van der Waals surface area contributed by atoms with Crippen molar-refractivity contribution in [3.63, 3.8) is 0 Å². The predicted octanol–water partition coefficient (Wildman–Crippen LogP) is 1.95. The van der Waals surface area contributed by atoms with Crippen LogP contribution in [-0.2, 0) is 14.3 Å². The van der Waals surface area contributed by atoms with E-state index in [1.165, 1.54) is 11.8 Å². The molecule has 6 heteroatoms. The average Bonchev–Trinajstić information content (AvgIpc) is 2.42. The minimum absolute atomic E-state index is 0.0178. The Balaban J connectivity index is 2.57. The second-order valence-corrected chi connectivity index (χ2v) is 5.19. The molecule has 5 nitrogen and oxygen atoms in total. The van der Waals surface area contributed by atoms with Crippen LogP contribution in [0, 0.1) is 0 Å². The van der Waals surface area contributed by atoms with Gasteiger partial charge in [0.15, 0.2) is 0 Å². The van der Waals surface area contributed by atoms with E-state index in [9.17, 15) is 9.59 Å². The fourth-order valence-electron chi connectivity index (χ4n) is 1.65. The number of amides is 2. The number of rotatable bonds is 7. The molecule has 0 unspecified atom stereocenters. The lowest BCUT2D eigenvalue weighted by Gasteiger charge is -2.20. The molecule has 1 aromatic rings. The third-order valence-electron chi connectivity index (χ3n) is 2.67. The molecule has 1 rings (SSSR count). The highest BCUT2D eigenvalue weighted by Gasteiger charge is 2.15. The highest BCUT2D eigenvalue weighted by molar-refractivity contribution is 9.10. The van der Waals surface area contributed by atoms with E-state index in [-0.39, 0.29) is 18.4 Å². The van der Waals surface area contributed by atoms with Crippen molar-refractivity contribution in [3.05, 3.63) is 28.7 Å². The summed E-state index contributed by atoms with van der Waals surface area (Å²) in [6.45, 7) is 2.60. The molecule has 0 atom stereocenters. The number of carbonyl (C=O) groups excluding carboxylic acids is 2. The minimum Gasteiger partial charge on any atom is -0.385 e. The van der Waals surface area contributed by atoms with Crippen LogP contribution < -0.4 is 10.2 Å². The first-order valence-electron chi connectivity index (χ1n) is 6.34. The van der Waals surface area contributed by atoms with Crippen LogP contribution in [0.3, 0.4) is 0 Å². The quantitative estimate of drug-likeness (QED) is 0.770. The largest absolute Gasteiger partial charge is 0.385 e. The highest BCUT2D eigenvalue weighted by atomic mass is 79.9. The van der Waals surface area contributed by atoms with E-state index in [1.807, 2.05) is 12.1 Å². The first-order valence-corrected chi connectivity index (χ1v) is 7.13. The summed E-state index contributed by atoms with van der Waals surface area (Å²) in [5.74, 6) is -0.349. The SMILES string of the molecule is COCCCNC(=O)CN(C(C)=O)c1ccc(Br)cc1. The summed E-state index contributed by atoms with van der Waals surface area (Å²) < 4.78 is 5.83. The van der Waals surface area contributed by atoms with Crippen molar-refractivity contribution in [2.24, 2.45) is 0 Å². The molecule has 0 bridgehead atoms. The zero-order valence-electron chi connectivity index (χ0n) is 11.7. The molecular weight excluding hydrogens is 324 g/mol. The molecule has 20 heavy (non-hydrogen) atoms. The molecule has 0 aliphatic heterocycles. The molecule has 0 fully saturated rings. The number of hydrogen-bond acceptors (Lipinski definition) is 3. The smallest absolute Gasteiger partial charge is 0.240 e. The molecule has 0 aromatic heterocycles. The summed E-state index contributed by atoms with van der Waals surface area (Å²) in [7, 11) is 1.62. The Hall–Kier alpha value is -1.40. The van der Waals surface area contributed by atoms with E-state index in [4.69, 9.17) is 4.74 Å². The first-order chi connectivity index (χ1) is 9.54. The number of anilines is 1. The van der Waals surface area contributed by atoms with Crippen molar-refractivity contribution in [1.29, 1.82) is 0 Å². The maximum atomic E-state index is 11.8. The Morgan fingerprint density at radius 2 is 1.95 bits per heavy atom. The van der Waals surface area contributed by atoms with Gasteiger partial charge in [0.2, 0.25) is 11.8 Å². The van der Waals surface area contributed by atoms with Gasteiger partial charge in [0.1, 0.15) is 6.54 Å². The van der Waals surface area contributed by atoms with Gasteiger partial charge in [0.05, 0.1) is 0 Å². The Labute approximate surface area is 127 Å². The lowest BCUT2D eigenvalue weighted by Crippen LogP contribution is -2.40. The van der Waals surface area contributed by atoms with Crippen LogP contribution in [0.1, 0.15) is 13.3 Å². The standard InChI is InChI=1S/C14H19BrN2O3/c1-11(18)17(13-6-4-12(15)5-7-13)10-14(19)16-8-3-9-20-2/h4-7H,3,8-10H2,1-2H3,(H,16,19). The van der Waals surface area contributed by atoms with Crippen molar-refractivity contribution < 1.29 is 14.3 Å². The molecule has 0 saturated heterocycles. The average molecular weight is 343 g/mol. The Morgan fingerprint density at radius 1 is 1.30 bits per heavy atom. The van der Waals surface area contributed by atoms with Gasteiger partial charge in [-0.05, 0) is 30.7 Å². The molecule has 110 valence electrons. The fraction of sp³-hybridized carbons (Fsp3) is 0.429. The van der Waals surface area contributed by atoms with Gasteiger partial charge < -0.3 is 15.0 Å². The maximum Gasteiger partial charge on any atom is 0.240 e. The number of nitrogens with one attached hydrogen (secondary N) is 1. The zero-order valence-corrected chi connectivity index (χ0v) is 13.3. The van der Waals surface area contributed by atoms with Gasteiger partial charge in [-0.15, -0.1) is 0 Å². The van der Waals surface area contributed by atoms with Crippen LogP contribution in [0.15, 0.2) is 28.7 Å². The summed E-state index contributed by atoms with van der Waals surface area (Å²) in [4.78, 5) is 24.9. The van der Waals surface area contributed by atoms with Crippen LogP contribution in [0.25, 0.3) is 0 Å². The second-order valence-electron chi connectivity index (χ2n) is 4.28. The van der Waals surface area contributed by atoms with E-state index < -0.39 is 0 Å². The Bertz CT molecular complexity index is 448. The van der Waals surface area contributed by atoms with Crippen molar-refractivity contribution >= 4 is 33.4 Å². The van der Waals surface area contributed by atoms with Gasteiger partial charge in [-0.2, -0.15) is 0 Å².